The number of nitrogens with one attached hydrogen (secondary N) is 1. The second-order valence-electron chi connectivity index (χ2n) is 4.97. The van der Waals surface area contributed by atoms with Crippen molar-refractivity contribution in [2.24, 2.45) is 0 Å². The first-order valence-corrected chi connectivity index (χ1v) is 8.53. The summed E-state index contributed by atoms with van der Waals surface area (Å²) in [6, 6.07) is 9.18. The van der Waals surface area contributed by atoms with Crippen LogP contribution in [0.4, 0.5) is 5.69 Å². The fourth-order valence-electron chi connectivity index (χ4n) is 2.03. The molecule has 0 radical (unpaired) electrons. The summed E-state index contributed by atoms with van der Waals surface area (Å²) in [6.45, 7) is 3.86. The maximum Gasteiger partial charge on any atom is 0.238 e. The fraction of sp³-hybridized carbons (Fsp3) is 0.294. The number of thioether (sulfide) groups is 1. The molecule has 6 heteroatoms. The Bertz CT molecular complexity index is 680. The van der Waals surface area contributed by atoms with Crippen LogP contribution in [-0.4, -0.2) is 23.3 Å². The number of carbonyl (C=O) groups excluding carboxylic acids is 1. The van der Waals surface area contributed by atoms with Crippen molar-refractivity contribution < 1.29 is 9.53 Å². The van der Waals surface area contributed by atoms with Crippen LogP contribution in [0.15, 0.2) is 41.6 Å². The van der Waals surface area contributed by atoms with E-state index in [0.29, 0.717) is 22.9 Å². The first-order valence-electron chi connectivity index (χ1n) is 7.27. The zero-order chi connectivity index (χ0) is 16.8. The average molecular weight is 351 g/mol. The molecule has 122 valence electrons. The smallest absolute Gasteiger partial charge is 0.238 e. The number of methoxy groups -OCH3 is 1. The highest BCUT2D eigenvalue weighted by molar-refractivity contribution is 8.00. The van der Waals surface area contributed by atoms with Gasteiger partial charge in [0.25, 0.3) is 0 Å². The fourth-order valence-corrected chi connectivity index (χ4v) is 3.08. The lowest BCUT2D eigenvalue weighted by atomic mass is 10.2. The van der Waals surface area contributed by atoms with Crippen molar-refractivity contribution >= 4 is 35.0 Å². The van der Waals surface area contributed by atoms with Crippen LogP contribution in [0.1, 0.15) is 18.9 Å². The van der Waals surface area contributed by atoms with Crippen LogP contribution in [0.5, 0.6) is 5.75 Å². The summed E-state index contributed by atoms with van der Waals surface area (Å²) < 4.78 is 5.30. The summed E-state index contributed by atoms with van der Waals surface area (Å²) >= 11 is 7.54. The quantitative estimate of drug-likeness (QED) is 0.776. The second kappa shape index (κ2) is 8.22. The van der Waals surface area contributed by atoms with Gasteiger partial charge in [0.15, 0.2) is 0 Å². The minimum Gasteiger partial charge on any atom is -0.495 e. The largest absolute Gasteiger partial charge is 0.495 e. The lowest BCUT2D eigenvalue weighted by Crippen LogP contribution is -2.25. The van der Waals surface area contributed by atoms with E-state index in [1.54, 1.807) is 19.4 Å². The third-order valence-electron chi connectivity index (χ3n) is 3.30. The van der Waals surface area contributed by atoms with Crippen molar-refractivity contribution in [2.75, 3.05) is 12.4 Å². The molecule has 4 nitrogen and oxygen atoms in total. The van der Waals surface area contributed by atoms with Crippen molar-refractivity contribution in [3.8, 4) is 5.75 Å². The molecule has 0 aliphatic heterocycles. The Morgan fingerprint density at radius 2 is 2.22 bits per heavy atom. The molecule has 1 unspecified atom stereocenters. The van der Waals surface area contributed by atoms with Gasteiger partial charge in [-0.3, -0.25) is 4.79 Å². The summed E-state index contributed by atoms with van der Waals surface area (Å²) in [6.07, 6.45) is 2.42. The molecular weight excluding hydrogens is 332 g/mol. The van der Waals surface area contributed by atoms with Gasteiger partial charge in [-0.1, -0.05) is 36.4 Å². The predicted molar refractivity (Wildman–Crippen MR) is 95.5 cm³/mol. The molecule has 0 fully saturated rings. The number of hydrogen-bond donors (Lipinski definition) is 1. The first kappa shape index (κ1) is 17.6. The minimum atomic E-state index is -0.231. The van der Waals surface area contributed by atoms with Crippen LogP contribution < -0.4 is 10.1 Å². The minimum absolute atomic E-state index is 0.0804. The topological polar surface area (TPSA) is 51.2 Å². The van der Waals surface area contributed by atoms with Crippen LogP contribution in [0.3, 0.4) is 0 Å². The molecule has 2 rings (SSSR count). The summed E-state index contributed by atoms with van der Waals surface area (Å²) in [7, 11) is 1.55. The van der Waals surface area contributed by atoms with Gasteiger partial charge >= 0.3 is 0 Å². The zero-order valence-corrected chi connectivity index (χ0v) is 14.9. The number of hydrogen-bond acceptors (Lipinski definition) is 4. The molecule has 1 heterocycles. The van der Waals surface area contributed by atoms with E-state index in [4.69, 9.17) is 16.3 Å². The SMILES string of the molecule is CCC(Sc1ccccn1)C(=O)Nc1cc(C)c(Cl)cc1OC. The van der Waals surface area contributed by atoms with Crippen LogP contribution >= 0.6 is 23.4 Å². The van der Waals surface area contributed by atoms with E-state index in [1.165, 1.54) is 11.8 Å². The Morgan fingerprint density at radius 3 is 2.83 bits per heavy atom. The molecule has 0 saturated heterocycles. The van der Waals surface area contributed by atoms with E-state index in [9.17, 15) is 4.79 Å². The van der Waals surface area contributed by atoms with Gasteiger partial charge in [-0.25, -0.2) is 4.98 Å². The van der Waals surface area contributed by atoms with Gasteiger partial charge in [0.05, 0.1) is 23.1 Å². The number of carbonyl (C=O) groups is 1. The summed E-state index contributed by atoms with van der Waals surface area (Å²) in [5.41, 5.74) is 1.51. The second-order valence-corrected chi connectivity index (χ2v) is 6.60. The summed E-state index contributed by atoms with van der Waals surface area (Å²) in [5, 5.41) is 4.13. The number of amides is 1. The molecule has 23 heavy (non-hydrogen) atoms. The molecule has 0 spiro atoms. The molecule has 0 aliphatic rings. The van der Waals surface area contributed by atoms with Crippen LogP contribution in [-0.2, 0) is 4.79 Å². The van der Waals surface area contributed by atoms with Crippen molar-refractivity contribution in [3.05, 3.63) is 47.1 Å². The van der Waals surface area contributed by atoms with Crippen molar-refractivity contribution in [3.63, 3.8) is 0 Å². The lowest BCUT2D eigenvalue weighted by molar-refractivity contribution is -0.115. The molecule has 1 amide bonds. The van der Waals surface area contributed by atoms with Gasteiger partial charge in [-0.15, -0.1) is 0 Å². The Balaban J connectivity index is 2.15. The van der Waals surface area contributed by atoms with Crippen LogP contribution in [0, 0.1) is 6.92 Å². The number of aromatic nitrogens is 1. The van der Waals surface area contributed by atoms with E-state index in [1.807, 2.05) is 38.1 Å². The number of rotatable bonds is 6. The summed E-state index contributed by atoms with van der Waals surface area (Å²) in [5.74, 6) is 0.467. The maximum atomic E-state index is 12.6. The molecule has 0 bridgehead atoms. The number of nitrogens with zero attached hydrogens (tertiary/aromatic N) is 1. The number of aryl methyl sites for hydroxylation is 1. The van der Waals surface area contributed by atoms with E-state index in [0.717, 1.165) is 10.6 Å². The molecule has 0 saturated carbocycles. The summed E-state index contributed by atoms with van der Waals surface area (Å²) in [4.78, 5) is 16.8. The van der Waals surface area contributed by atoms with Gasteiger partial charge in [-0.05, 0) is 37.1 Å². The molecule has 1 aromatic carbocycles. The van der Waals surface area contributed by atoms with Gasteiger partial charge in [-0.2, -0.15) is 0 Å². The van der Waals surface area contributed by atoms with Crippen LogP contribution in [0.25, 0.3) is 0 Å². The monoisotopic (exact) mass is 350 g/mol. The highest BCUT2D eigenvalue weighted by Gasteiger charge is 2.20. The van der Waals surface area contributed by atoms with E-state index in [2.05, 4.69) is 10.3 Å². The third-order valence-corrected chi connectivity index (χ3v) is 5.02. The molecule has 1 N–H and O–H groups in total. The van der Waals surface area contributed by atoms with Gasteiger partial charge in [0.1, 0.15) is 5.75 Å². The highest BCUT2D eigenvalue weighted by Crippen LogP contribution is 2.32. The molecule has 1 atom stereocenters. The lowest BCUT2D eigenvalue weighted by Gasteiger charge is -2.16. The Kier molecular flexibility index (Phi) is 6.30. The Labute approximate surface area is 145 Å². The number of anilines is 1. The first-order chi connectivity index (χ1) is 11.0. The van der Waals surface area contributed by atoms with Gasteiger partial charge < -0.3 is 10.1 Å². The Morgan fingerprint density at radius 1 is 1.43 bits per heavy atom. The predicted octanol–water partition coefficient (Wildman–Crippen LogP) is 4.56. The standard InChI is InChI=1S/C17H19ClN2O2S/c1-4-15(23-16-7-5-6-8-19-16)17(21)20-13-9-11(2)12(18)10-14(13)22-3/h5-10,15H,4H2,1-3H3,(H,20,21). The maximum absolute atomic E-state index is 12.6. The zero-order valence-electron chi connectivity index (χ0n) is 13.3. The molecule has 0 aliphatic carbocycles. The van der Waals surface area contributed by atoms with Gasteiger partial charge in [0.2, 0.25) is 5.91 Å². The average Bonchev–Trinajstić information content (AvgIpc) is 2.56. The number of pyridine rings is 1. The number of ether oxygens (including phenoxy) is 1. The third kappa shape index (κ3) is 4.62. The van der Waals surface area contributed by atoms with Gasteiger partial charge in [0, 0.05) is 17.3 Å². The number of halogens is 1. The highest BCUT2D eigenvalue weighted by atomic mass is 35.5. The number of benzene rings is 1. The van der Waals surface area contributed by atoms with Crippen molar-refractivity contribution in [2.45, 2.75) is 30.5 Å². The molecular formula is C17H19ClN2O2S. The van der Waals surface area contributed by atoms with E-state index in [-0.39, 0.29) is 11.2 Å². The van der Waals surface area contributed by atoms with Crippen LogP contribution in [0.2, 0.25) is 5.02 Å². The van der Waals surface area contributed by atoms with Crippen molar-refractivity contribution in [1.29, 1.82) is 0 Å². The Hall–Kier alpha value is -1.72. The molecule has 2 aromatic rings. The molecule has 1 aromatic heterocycles. The normalized spacial score (nSPS) is 11.8. The van der Waals surface area contributed by atoms with Crippen molar-refractivity contribution in [1.82, 2.24) is 4.98 Å². The van der Waals surface area contributed by atoms with E-state index < -0.39 is 0 Å². The van der Waals surface area contributed by atoms with E-state index >= 15 is 0 Å².